The van der Waals surface area contributed by atoms with Gasteiger partial charge in [0.25, 0.3) is 0 Å². The minimum Gasteiger partial charge on any atom is -0.466 e. The van der Waals surface area contributed by atoms with Crippen molar-refractivity contribution in [3.8, 4) is 22.5 Å². The van der Waals surface area contributed by atoms with Crippen molar-refractivity contribution in [3.05, 3.63) is 89.5 Å². The Hall–Kier alpha value is -3.46. The summed E-state index contributed by atoms with van der Waals surface area (Å²) < 4.78 is 5.30. The second-order valence-electron chi connectivity index (χ2n) is 7.45. The number of hydrogen-bond acceptors (Lipinski definition) is 3. The molecule has 0 amide bonds. The highest BCUT2D eigenvalue weighted by molar-refractivity contribution is 6.03. The lowest BCUT2D eigenvalue weighted by atomic mass is 9.90. The number of rotatable bonds is 5. The molecule has 0 saturated carbocycles. The molecule has 0 fully saturated rings. The average Bonchev–Trinajstić information content (AvgIpc) is 2.75. The van der Waals surface area contributed by atoms with Gasteiger partial charge < -0.3 is 4.74 Å². The fraction of sp³-hybridized carbons (Fsp3) is 0.185. The van der Waals surface area contributed by atoms with E-state index < -0.39 is 0 Å². The lowest BCUT2D eigenvalue weighted by Crippen LogP contribution is -2.11. The fourth-order valence-electron chi connectivity index (χ4n) is 4.03. The molecule has 150 valence electrons. The molecular weight excluding hydrogens is 370 g/mol. The Morgan fingerprint density at radius 1 is 0.833 bits per heavy atom. The average molecular weight is 396 g/mol. The van der Waals surface area contributed by atoms with Gasteiger partial charge in [0.05, 0.1) is 24.4 Å². The molecule has 1 aromatic heterocycles. The van der Waals surface area contributed by atoms with E-state index in [-0.39, 0.29) is 12.4 Å². The highest BCUT2D eigenvalue weighted by Gasteiger charge is 2.21. The standard InChI is InChI=1S/C27H25NO2/c1-4-30-24(29)17-23-25-19(3)12-10-16-22(25)26(20-13-6-5-7-14-20)28-27(23)21-15-9-8-11-18(21)2/h5-16H,4,17H2,1-3H3. The van der Waals surface area contributed by atoms with Gasteiger partial charge >= 0.3 is 5.97 Å². The van der Waals surface area contributed by atoms with E-state index in [0.29, 0.717) is 6.61 Å². The van der Waals surface area contributed by atoms with E-state index in [2.05, 4.69) is 50.2 Å². The number of carbonyl (C=O) groups is 1. The molecular formula is C27H25NO2. The summed E-state index contributed by atoms with van der Waals surface area (Å²) in [5.41, 5.74) is 7.06. The molecule has 0 unspecified atom stereocenters. The van der Waals surface area contributed by atoms with E-state index in [1.807, 2.05) is 43.3 Å². The number of esters is 1. The van der Waals surface area contributed by atoms with Gasteiger partial charge in [-0.25, -0.2) is 4.98 Å². The largest absolute Gasteiger partial charge is 0.466 e. The first-order valence-corrected chi connectivity index (χ1v) is 10.3. The van der Waals surface area contributed by atoms with Gasteiger partial charge in [0, 0.05) is 16.5 Å². The van der Waals surface area contributed by atoms with Crippen molar-refractivity contribution in [2.75, 3.05) is 6.61 Å². The van der Waals surface area contributed by atoms with Crippen LogP contribution in [0.25, 0.3) is 33.3 Å². The fourth-order valence-corrected chi connectivity index (χ4v) is 4.03. The molecule has 0 saturated heterocycles. The molecule has 0 spiro atoms. The topological polar surface area (TPSA) is 39.2 Å². The van der Waals surface area contributed by atoms with Crippen LogP contribution in [0.3, 0.4) is 0 Å². The van der Waals surface area contributed by atoms with Gasteiger partial charge in [-0.2, -0.15) is 0 Å². The third kappa shape index (κ3) is 3.71. The van der Waals surface area contributed by atoms with Crippen molar-refractivity contribution in [1.82, 2.24) is 4.98 Å². The molecule has 0 aliphatic rings. The van der Waals surface area contributed by atoms with E-state index in [4.69, 9.17) is 9.72 Å². The highest BCUT2D eigenvalue weighted by Crippen LogP contribution is 2.37. The summed E-state index contributed by atoms with van der Waals surface area (Å²) in [7, 11) is 0. The maximum Gasteiger partial charge on any atom is 0.310 e. The zero-order chi connectivity index (χ0) is 21.1. The lowest BCUT2D eigenvalue weighted by molar-refractivity contribution is -0.142. The van der Waals surface area contributed by atoms with Crippen LogP contribution in [0.5, 0.6) is 0 Å². The number of aromatic nitrogens is 1. The molecule has 0 radical (unpaired) electrons. The van der Waals surface area contributed by atoms with Crippen molar-refractivity contribution in [2.45, 2.75) is 27.2 Å². The Morgan fingerprint density at radius 3 is 2.27 bits per heavy atom. The Bertz CT molecular complexity index is 1210. The minimum absolute atomic E-state index is 0.195. The van der Waals surface area contributed by atoms with Gasteiger partial charge in [-0.1, -0.05) is 72.8 Å². The number of hydrogen-bond donors (Lipinski definition) is 0. The number of pyridine rings is 1. The van der Waals surface area contributed by atoms with Crippen LogP contribution in [0.2, 0.25) is 0 Å². The van der Waals surface area contributed by atoms with Crippen molar-refractivity contribution < 1.29 is 9.53 Å². The zero-order valence-corrected chi connectivity index (χ0v) is 17.6. The normalized spacial score (nSPS) is 10.9. The first kappa shape index (κ1) is 19.8. The van der Waals surface area contributed by atoms with Crippen LogP contribution in [0.15, 0.2) is 72.8 Å². The summed E-state index contributed by atoms with van der Waals surface area (Å²) in [5, 5.41) is 2.13. The molecule has 0 aliphatic heterocycles. The highest BCUT2D eigenvalue weighted by atomic mass is 16.5. The van der Waals surface area contributed by atoms with Crippen molar-refractivity contribution in [2.24, 2.45) is 0 Å². The second kappa shape index (κ2) is 8.50. The van der Waals surface area contributed by atoms with E-state index in [1.165, 1.54) is 0 Å². The third-order valence-electron chi connectivity index (χ3n) is 5.41. The number of aryl methyl sites for hydroxylation is 2. The number of benzene rings is 3. The monoisotopic (exact) mass is 395 g/mol. The summed E-state index contributed by atoms with van der Waals surface area (Å²) in [6.45, 7) is 6.37. The van der Waals surface area contributed by atoms with Crippen LogP contribution in [0, 0.1) is 13.8 Å². The van der Waals surface area contributed by atoms with E-state index in [0.717, 1.165) is 50.0 Å². The van der Waals surface area contributed by atoms with E-state index in [1.54, 1.807) is 0 Å². The van der Waals surface area contributed by atoms with Gasteiger partial charge in [-0.05, 0) is 42.8 Å². The van der Waals surface area contributed by atoms with Crippen LogP contribution in [0.4, 0.5) is 0 Å². The summed E-state index contributed by atoms with van der Waals surface area (Å²) in [5.74, 6) is -0.230. The van der Waals surface area contributed by atoms with E-state index in [9.17, 15) is 4.79 Å². The number of carbonyl (C=O) groups excluding carboxylic acids is 1. The Kier molecular flexibility index (Phi) is 5.62. The van der Waals surface area contributed by atoms with Crippen LogP contribution in [-0.2, 0) is 16.0 Å². The summed E-state index contributed by atoms with van der Waals surface area (Å²) in [6, 6.07) is 24.6. The zero-order valence-electron chi connectivity index (χ0n) is 17.6. The molecule has 3 heteroatoms. The molecule has 0 aliphatic carbocycles. The number of ether oxygens (including phenoxy) is 1. The molecule has 3 nitrogen and oxygen atoms in total. The molecule has 30 heavy (non-hydrogen) atoms. The quantitative estimate of drug-likeness (QED) is 0.373. The van der Waals surface area contributed by atoms with Crippen molar-refractivity contribution in [3.63, 3.8) is 0 Å². The molecule has 0 atom stereocenters. The molecule has 4 aromatic rings. The van der Waals surface area contributed by atoms with Crippen molar-refractivity contribution in [1.29, 1.82) is 0 Å². The predicted octanol–water partition coefficient (Wildman–Crippen LogP) is 6.29. The van der Waals surface area contributed by atoms with Crippen molar-refractivity contribution >= 4 is 16.7 Å². The lowest BCUT2D eigenvalue weighted by Gasteiger charge is -2.18. The maximum absolute atomic E-state index is 12.5. The van der Waals surface area contributed by atoms with Crippen LogP contribution < -0.4 is 0 Å². The van der Waals surface area contributed by atoms with Gasteiger partial charge in [0.15, 0.2) is 0 Å². The predicted molar refractivity (Wildman–Crippen MR) is 122 cm³/mol. The maximum atomic E-state index is 12.5. The SMILES string of the molecule is CCOC(=O)Cc1c(-c2ccccc2C)nc(-c2ccccc2)c2cccc(C)c12. The van der Waals surface area contributed by atoms with Gasteiger partial charge in [0.1, 0.15) is 0 Å². The van der Waals surface area contributed by atoms with Crippen LogP contribution >= 0.6 is 0 Å². The summed E-state index contributed by atoms with van der Waals surface area (Å²) in [6.07, 6.45) is 0.195. The molecule has 1 heterocycles. The van der Waals surface area contributed by atoms with Crippen LogP contribution in [0.1, 0.15) is 23.6 Å². The smallest absolute Gasteiger partial charge is 0.310 e. The number of nitrogens with zero attached hydrogens (tertiary/aromatic N) is 1. The summed E-state index contributed by atoms with van der Waals surface area (Å²) in [4.78, 5) is 17.7. The second-order valence-corrected chi connectivity index (χ2v) is 7.45. The molecule has 0 N–H and O–H groups in total. The summed E-state index contributed by atoms with van der Waals surface area (Å²) >= 11 is 0. The minimum atomic E-state index is -0.230. The molecule has 0 bridgehead atoms. The third-order valence-corrected chi connectivity index (χ3v) is 5.41. The Balaban J connectivity index is 2.10. The first-order valence-electron chi connectivity index (χ1n) is 10.3. The van der Waals surface area contributed by atoms with Gasteiger partial charge in [0.2, 0.25) is 0 Å². The van der Waals surface area contributed by atoms with Crippen LogP contribution in [-0.4, -0.2) is 17.6 Å². The van der Waals surface area contributed by atoms with E-state index >= 15 is 0 Å². The Morgan fingerprint density at radius 2 is 1.53 bits per heavy atom. The molecule has 4 rings (SSSR count). The number of fused-ring (bicyclic) bond motifs is 1. The van der Waals surface area contributed by atoms with Gasteiger partial charge in [-0.15, -0.1) is 0 Å². The molecule has 3 aromatic carbocycles. The van der Waals surface area contributed by atoms with Gasteiger partial charge in [-0.3, -0.25) is 4.79 Å². The first-order chi connectivity index (χ1) is 14.6. The Labute approximate surface area is 177 Å².